The first-order valence-corrected chi connectivity index (χ1v) is 8.08. The average Bonchev–Trinajstić information content (AvgIpc) is 2.61. The van der Waals surface area contributed by atoms with Gasteiger partial charge in [-0.1, -0.05) is 20.3 Å². The summed E-state index contributed by atoms with van der Waals surface area (Å²) >= 11 is 0. The molecule has 18 heavy (non-hydrogen) atoms. The molecule has 0 spiro atoms. The van der Waals surface area contributed by atoms with Crippen molar-refractivity contribution in [3.8, 4) is 0 Å². The third kappa shape index (κ3) is 3.27. The average molecular weight is 252 g/mol. The molecule has 0 bridgehead atoms. The van der Waals surface area contributed by atoms with E-state index in [0.29, 0.717) is 12.2 Å². The van der Waals surface area contributed by atoms with Gasteiger partial charge in [-0.15, -0.1) is 0 Å². The molecule has 2 saturated heterocycles. The summed E-state index contributed by atoms with van der Waals surface area (Å²) in [6, 6.07) is 0.679. The molecule has 0 radical (unpaired) electrons. The van der Waals surface area contributed by atoms with Crippen LogP contribution in [-0.2, 0) is 0 Å². The molecule has 1 N–H and O–H groups in total. The zero-order valence-corrected chi connectivity index (χ0v) is 12.8. The predicted octanol–water partition coefficient (Wildman–Crippen LogP) is 3.48. The number of rotatable bonds is 2. The highest BCUT2D eigenvalue weighted by Gasteiger charge is 2.34. The van der Waals surface area contributed by atoms with Crippen molar-refractivity contribution in [3.63, 3.8) is 0 Å². The standard InChI is InChI=1S/C16H32N2/c1-12(2)15-9-8-14-7-5-6-10-18(13(3)4)16(14)17-11-15/h12-17H,5-11H2,1-4H3. The second kappa shape index (κ2) is 6.38. The summed E-state index contributed by atoms with van der Waals surface area (Å²) in [6.07, 6.45) is 7.77. The van der Waals surface area contributed by atoms with Crippen LogP contribution in [0.5, 0.6) is 0 Å². The molecular weight excluding hydrogens is 220 g/mol. The maximum absolute atomic E-state index is 3.91. The molecule has 2 heterocycles. The topological polar surface area (TPSA) is 15.3 Å². The SMILES string of the molecule is CC(C)C1CCC2CCCCN(C(C)C)C2NC1. The Kier molecular flexibility index (Phi) is 5.08. The lowest BCUT2D eigenvalue weighted by atomic mass is 9.88. The molecule has 0 aromatic carbocycles. The molecule has 2 aliphatic rings. The van der Waals surface area contributed by atoms with E-state index in [9.17, 15) is 0 Å². The maximum atomic E-state index is 3.91. The summed E-state index contributed by atoms with van der Waals surface area (Å²) < 4.78 is 0. The van der Waals surface area contributed by atoms with Crippen molar-refractivity contribution in [2.75, 3.05) is 13.1 Å². The Morgan fingerprint density at radius 3 is 2.44 bits per heavy atom. The van der Waals surface area contributed by atoms with Crippen LogP contribution in [0, 0.1) is 17.8 Å². The third-order valence-corrected chi connectivity index (χ3v) is 5.15. The van der Waals surface area contributed by atoms with Gasteiger partial charge in [0.2, 0.25) is 0 Å². The van der Waals surface area contributed by atoms with Crippen molar-refractivity contribution in [2.45, 2.75) is 72.0 Å². The van der Waals surface area contributed by atoms with Gasteiger partial charge < -0.3 is 5.32 Å². The minimum absolute atomic E-state index is 0.649. The summed E-state index contributed by atoms with van der Waals surface area (Å²) in [4.78, 5) is 2.72. The highest BCUT2D eigenvalue weighted by molar-refractivity contribution is 4.87. The maximum Gasteiger partial charge on any atom is 0.0628 e. The molecule has 106 valence electrons. The molecule has 2 aliphatic heterocycles. The largest absolute Gasteiger partial charge is 0.301 e. The molecule has 2 fully saturated rings. The molecule has 3 unspecified atom stereocenters. The number of likely N-dealkylation sites (tertiary alicyclic amines) is 1. The van der Waals surface area contributed by atoms with Crippen LogP contribution in [0.1, 0.15) is 59.8 Å². The van der Waals surface area contributed by atoms with Crippen LogP contribution in [-0.4, -0.2) is 30.2 Å². The predicted molar refractivity (Wildman–Crippen MR) is 78.5 cm³/mol. The number of hydrogen-bond acceptors (Lipinski definition) is 2. The van der Waals surface area contributed by atoms with E-state index in [1.165, 1.54) is 45.2 Å². The normalized spacial score (nSPS) is 35.3. The van der Waals surface area contributed by atoms with Gasteiger partial charge in [0.1, 0.15) is 0 Å². The van der Waals surface area contributed by atoms with Crippen molar-refractivity contribution < 1.29 is 0 Å². The zero-order valence-electron chi connectivity index (χ0n) is 12.8. The Hall–Kier alpha value is -0.0800. The summed E-state index contributed by atoms with van der Waals surface area (Å²) in [5.74, 6) is 2.59. The first-order chi connectivity index (χ1) is 8.59. The molecule has 0 aliphatic carbocycles. The van der Waals surface area contributed by atoms with Gasteiger partial charge in [-0.3, -0.25) is 4.90 Å². The van der Waals surface area contributed by atoms with Crippen molar-refractivity contribution in [1.82, 2.24) is 10.2 Å². The highest BCUT2D eigenvalue weighted by atomic mass is 15.3. The molecule has 2 nitrogen and oxygen atoms in total. The fraction of sp³-hybridized carbons (Fsp3) is 1.00. The van der Waals surface area contributed by atoms with E-state index in [2.05, 4.69) is 37.9 Å². The summed E-state index contributed by atoms with van der Waals surface area (Å²) in [5.41, 5.74) is 0. The number of hydrogen-bond donors (Lipinski definition) is 1. The fourth-order valence-electron chi connectivity index (χ4n) is 3.81. The van der Waals surface area contributed by atoms with Crippen LogP contribution in [0.15, 0.2) is 0 Å². The van der Waals surface area contributed by atoms with Crippen LogP contribution in [0.4, 0.5) is 0 Å². The quantitative estimate of drug-likeness (QED) is 0.809. The molecule has 2 heteroatoms. The van der Waals surface area contributed by atoms with Crippen LogP contribution in [0.3, 0.4) is 0 Å². The summed E-state index contributed by atoms with van der Waals surface area (Å²) in [5, 5.41) is 3.91. The van der Waals surface area contributed by atoms with Gasteiger partial charge in [0.05, 0.1) is 6.17 Å². The fourth-order valence-corrected chi connectivity index (χ4v) is 3.81. The molecular formula is C16H32N2. The van der Waals surface area contributed by atoms with Gasteiger partial charge in [-0.25, -0.2) is 0 Å². The van der Waals surface area contributed by atoms with Gasteiger partial charge in [0, 0.05) is 6.04 Å². The van der Waals surface area contributed by atoms with E-state index in [1.54, 1.807) is 0 Å². The molecule has 0 amide bonds. The van der Waals surface area contributed by atoms with Crippen molar-refractivity contribution in [1.29, 1.82) is 0 Å². The highest BCUT2D eigenvalue weighted by Crippen LogP contribution is 2.32. The van der Waals surface area contributed by atoms with Crippen molar-refractivity contribution in [3.05, 3.63) is 0 Å². The second-order valence-corrected chi connectivity index (χ2v) is 7.02. The number of nitrogens with one attached hydrogen (secondary N) is 1. The number of fused-ring (bicyclic) bond motifs is 1. The lowest BCUT2D eigenvalue weighted by Crippen LogP contribution is -2.52. The minimum atomic E-state index is 0.649. The molecule has 0 aromatic heterocycles. The molecule has 3 atom stereocenters. The third-order valence-electron chi connectivity index (χ3n) is 5.15. The first kappa shape index (κ1) is 14.3. The van der Waals surface area contributed by atoms with Gasteiger partial charge in [0.15, 0.2) is 0 Å². The summed E-state index contributed by atoms with van der Waals surface area (Å²) in [6.45, 7) is 12.0. The van der Waals surface area contributed by atoms with E-state index >= 15 is 0 Å². The lowest BCUT2D eigenvalue weighted by Gasteiger charge is -2.37. The Labute approximate surface area is 114 Å². The second-order valence-electron chi connectivity index (χ2n) is 7.02. The smallest absolute Gasteiger partial charge is 0.0628 e. The van der Waals surface area contributed by atoms with Crippen molar-refractivity contribution in [2.24, 2.45) is 17.8 Å². The molecule has 0 saturated carbocycles. The van der Waals surface area contributed by atoms with Crippen molar-refractivity contribution >= 4 is 0 Å². The first-order valence-electron chi connectivity index (χ1n) is 8.08. The Morgan fingerprint density at radius 1 is 1.00 bits per heavy atom. The molecule has 0 aromatic rings. The minimum Gasteiger partial charge on any atom is -0.301 e. The molecule has 2 rings (SSSR count). The zero-order chi connectivity index (χ0) is 13.1. The van der Waals surface area contributed by atoms with E-state index in [-0.39, 0.29) is 0 Å². The van der Waals surface area contributed by atoms with E-state index in [4.69, 9.17) is 0 Å². The van der Waals surface area contributed by atoms with Gasteiger partial charge in [-0.2, -0.15) is 0 Å². The lowest BCUT2D eigenvalue weighted by molar-refractivity contribution is 0.0947. The summed E-state index contributed by atoms with van der Waals surface area (Å²) in [7, 11) is 0. The van der Waals surface area contributed by atoms with E-state index < -0.39 is 0 Å². The van der Waals surface area contributed by atoms with Crippen LogP contribution >= 0.6 is 0 Å². The number of nitrogens with zero attached hydrogens (tertiary/aromatic N) is 1. The van der Waals surface area contributed by atoms with Crippen LogP contribution < -0.4 is 5.32 Å². The van der Waals surface area contributed by atoms with Gasteiger partial charge in [-0.05, 0) is 70.4 Å². The Morgan fingerprint density at radius 2 is 1.78 bits per heavy atom. The van der Waals surface area contributed by atoms with Crippen LogP contribution in [0.25, 0.3) is 0 Å². The monoisotopic (exact) mass is 252 g/mol. The van der Waals surface area contributed by atoms with Crippen LogP contribution in [0.2, 0.25) is 0 Å². The van der Waals surface area contributed by atoms with E-state index in [1.807, 2.05) is 0 Å². The Balaban J connectivity index is 2.07. The van der Waals surface area contributed by atoms with Gasteiger partial charge >= 0.3 is 0 Å². The van der Waals surface area contributed by atoms with Gasteiger partial charge in [0.25, 0.3) is 0 Å². The van der Waals surface area contributed by atoms with E-state index in [0.717, 1.165) is 17.8 Å². The Bertz CT molecular complexity index is 249.